The van der Waals surface area contributed by atoms with Crippen LogP contribution in [0, 0.1) is 5.92 Å². The first kappa shape index (κ1) is 24.6. The fraction of sp³-hybridized carbons (Fsp3) is 0.333. The van der Waals surface area contributed by atoms with Gasteiger partial charge in [-0.2, -0.15) is 13.2 Å². The number of aromatic nitrogens is 1. The molecule has 1 aromatic carbocycles. The lowest BCUT2D eigenvalue weighted by atomic mass is 9.89. The minimum atomic E-state index is -4.78. The lowest BCUT2D eigenvalue weighted by Crippen LogP contribution is -2.32. The van der Waals surface area contributed by atoms with Gasteiger partial charge in [-0.05, 0) is 47.9 Å². The quantitative estimate of drug-likeness (QED) is 0.487. The number of hydrogen-bond donors (Lipinski definition) is 0. The van der Waals surface area contributed by atoms with Crippen LogP contribution < -0.4 is 4.74 Å². The number of pyridine rings is 1. The molecule has 1 unspecified atom stereocenters. The van der Waals surface area contributed by atoms with Gasteiger partial charge in [0.05, 0.1) is 24.3 Å². The number of fused-ring (bicyclic) bond motifs is 1. The van der Waals surface area contributed by atoms with Crippen molar-refractivity contribution in [3.05, 3.63) is 76.8 Å². The summed E-state index contributed by atoms with van der Waals surface area (Å²) >= 11 is 0. The van der Waals surface area contributed by atoms with Gasteiger partial charge in [0.15, 0.2) is 0 Å². The number of nitrogens with zero attached hydrogens (tertiary/aromatic N) is 2. The number of halogens is 6. The van der Waals surface area contributed by atoms with Gasteiger partial charge in [-0.15, -0.1) is 13.2 Å². The molecule has 1 aromatic heterocycles. The van der Waals surface area contributed by atoms with Crippen molar-refractivity contribution in [1.82, 2.24) is 9.88 Å². The number of alkyl halides is 6. The van der Waals surface area contributed by atoms with E-state index in [1.807, 2.05) is 0 Å². The predicted molar refractivity (Wildman–Crippen MR) is 113 cm³/mol. The van der Waals surface area contributed by atoms with Crippen LogP contribution in [0.2, 0.25) is 0 Å². The van der Waals surface area contributed by atoms with Crippen molar-refractivity contribution in [2.45, 2.75) is 32.4 Å². The molecule has 0 N–H and O–H groups in total. The van der Waals surface area contributed by atoms with Crippen molar-refractivity contribution >= 4 is 11.5 Å². The van der Waals surface area contributed by atoms with Crippen LogP contribution in [0.3, 0.4) is 0 Å². The molecule has 11 heteroatoms. The lowest BCUT2D eigenvalue weighted by Gasteiger charge is -2.23. The van der Waals surface area contributed by atoms with Crippen molar-refractivity contribution in [3.8, 4) is 5.75 Å². The number of ether oxygens (including phenoxy) is 2. The molecule has 1 aliphatic heterocycles. The number of carbonyl (C=O) groups excluding carboxylic acids is 1. The fourth-order valence-electron chi connectivity index (χ4n) is 3.96. The minimum Gasteiger partial charge on any atom is -0.491 e. The van der Waals surface area contributed by atoms with Crippen molar-refractivity contribution in [2.75, 3.05) is 13.2 Å². The van der Waals surface area contributed by atoms with Crippen molar-refractivity contribution in [2.24, 2.45) is 5.92 Å². The second-order valence-corrected chi connectivity index (χ2v) is 8.21. The summed E-state index contributed by atoms with van der Waals surface area (Å²) in [5.74, 6) is -0.861. The van der Waals surface area contributed by atoms with Crippen molar-refractivity contribution in [3.63, 3.8) is 0 Å². The molecular weight excluding hydrogens is 478 g/mol. The summed E-state index contributed by atoms with van der Waals surface area (Å²) in [7, 11) is 0. The molecular formula is C24H20F6N2O3. The topological polar surface area (TPSA) is 51.7 Å². The van der Waals surface area contributed by atoms with Crippen LogP contribution in [-0.2, 0) is 17.5 Å². The smallest absolute Gasteiger partial charge is 0.491 e. The maximum Gasteiger partial charge on any atom is 0.572 e. The molecule has 0 spiro atoms. The van der Waals surface area contributed by atoms with E-state index >= 15 is 0 Å². The van der Waals surface area contributed by atoms with E-state index in [4.69, 9.17) is 4.74 Å². The van der Waals surface area contributed by atoms with E-state index in [1.165, 1.54) is 29.2 Å². The summed E-state index contributed by atoms with van der Waals surface area (Å²) in [6.45, 7) is 1.74. The second kappa shape index (κ2) is 9.27. The van der Waals surface area contributed by atoms with Crippen LogP contribution in [0.15, 0.2) is 54.3 Å². The zero-order valence-electron chi connectivity index (χ0n) is 18.4. The highest BCUT2D eigenvalue weighted by Crippen LogP contribution is 2.37. The van der Waals surface area contributed by atoms with Gasteiger partial charge in [0.25, 0.3) is 5.91 Å². The van der Waals surface area contributed by atoms with E-state index in [9.17, 15) is 31.1 Å². The van der Waals surface area contributed by atoms with Crippen LogP contribution in [0.5, 0.6) is 5.75 Å². The summed E-state index contributed by atoms with van der Waals surface area (Å²) in [5, 5.41) is 0. The van der Waals surface area contributed by atoms with Gasteiger partial charge < -0.3 is 14.4 Å². The molecule has 1 aliphatic carbocycles. The summed E-state index contributed by atoms with van der Waals surface area (Å²) in [6.07, 6.45) is -6.36. The van der Waals surface area contributed by atoms with E-state index < -0.39 is 30.1 Å². The molecule has 2 heterocycles. The highest BCUT2D eigenvalue weighted by Gasteiger charge is 2.35. The molecule has 2 aliphatic rings. The lowest BCUT2D eigenvalue weighted by molar-refractivity contribution is -0.308. The molecule has 4 rings (SSSR count). The first-order chi connectivity index (χ1) is 16.4. The van der Waals surface area contributed by atoms with Gasteiger partial charge in [-0.1, -0.05) is 25.1 Å². The largest absolute Gasteiger partial charge is 0.572 e. The SMILES string of the molecule is CC1CC(c2ccc3c(c2)C(=O)N(Cc2cccc(C(F)(F)F)n2)CCO3)=CC=C1OC(F)(F)F. The molecule has 186 valence electrons. The normalized spacial score (nSPS) is 18.8. The Morgan fingerprint density at radius 1 is 1.11 bits per heavy atom. The minimum absolute atomic E-state index is 0.0823. The predicted octanol–water partition coefficient (Wildman–Crippen LogP) is 5.98. The van der Waals surface area contributed by atoms with Gasteiger partial charge in [0.1, 0.15) is 23.8 Å². The molecule has 0 saturated carbocycles. The van der Waals surface area contributed by atoms with E-state index in [-0.39, 0.29) is 43.1 Å². The molecule has 2 aromatic rings. The van der Waals surface area contributed by atoms with E-state index in [0.717, 1.165) is 6.07 Å². The van der Waals surface area contributed by atoms with E-state index in [1.54, 1.807) is 25.1 Å². The number of hydrogen-bond acceptors (Lipinski definition) is 4. The third-order valence-electron chi connectivity index (χ3n) is 5.63. The molecule has 35 heavy (non-hydrogen) atoms. The summed E-state index contributed by atoms with van der Waals surface area (Å²) < 4.78 is 86.5. The van der Waals surface area contributed by atoms with Gasteiger partial charge in [-0.25, -0.2) is 4.98 Å². The Morgan fingerprint density at radius 2 is 1.89 bits per heavy atom. The van der Waals surface area contributed by atoms with Crippen LogP contribution in [0.1, 0.15) is 40.7 Å². The molecule has 0 saturated heterocycles. The number of amides is 1. The van der Waals surface area contributed by atoms with Gasteiger partial charge in [0, 0.05) is 5.92 Å². The Morgan fingerprint density at radius 3 is 2.57 bits per heavy atom. The van der Waals surface area contributed by atoms with Gasteiger partial charge >= 0.3 is 12.5 Å². The number of carbonyl (C=O) groups is 1. The fourth-order valence-corrected chi connectivity index (χ4v) is 3.96. The van der Waals surface area contributed by atoms with Crippen LogP contribution in [-0.4, -0.2) is 35.3 Å². The summed E-state index contributed by atoms with van der Waals surface area (Å²) in [5.41, 5.74) is 0.573. The standard InChI is InChI=1S/C24H20F6N2O3/c1-14-11-15(5-7-19(14)35-24(28,29)30)16-6-8-20-18(12-16)22(33)32(9-10-34-20)13-17-3-2-4-21(31-17)23(25,26)27/h2-8,12,14H,9-11,13H2,1H3. The first-order valence-corrected chi connectivity index (χ1v) is 10.7. The number of rotatable bonds is 4. The Bertz CT molecular complexity index is 1190. The molecule has 0 radical (unpaired) electrons. The molecule has 1 atom stereocenters. The van der Waals surface area contributed by atoms with Crippen molar-refractivity contribution < 1.29 is 40.6 Å². The third-order valence-corrected chi connectivity index (χ3v) is 5.63. The zero-order valence-corrected chi connectivity index (χ0v) is 18.4. The van der Waals surface area contributed by atoms with Crippen LogP contribution >= 0.6 is 0 Å². The molecule has 0 fully saturated rings. The van der Waals surface area contributed by atoms with Crippen LogP contribution in [0.25, 0.3) is 5.57 Å². The maximum atomic E-state index is 13.3. The average Bonchev–Trinajstić information content (AvgIpc) is 2.92. The van der Waals surface area contributed by atoms with Crippen LogP contribution in [0.4, 0.5) is 26.3 Å². The molecule has 5 nitrogen and oxygen atoms in total. The third kappa shape index (κ3) is 5.77. The zero-order chi connectivity index (χ0) is 25.4. The summed E-state index contributed by atoms with van der Waals surface area (Å²) in [4.78, 5) is 18.2. The first-order valence-electron chi connectivity index (χ1n) is 10.7. The Balaban J connectivity index is 1.58. The monoisotopic (exact) mass is 498 g/mol. The van der Waals surface area contributed by atoms with E-state index in [2.05, 4.69) is 9.72 Å². The maximum absolute atomic E-state index is 13.3. The number of allylic oxidation sites excluding steroid dienone is 4. The number of benzene rings is 1. The Labute approximate surface area is 196 Å². The molecule has 0 bridgehead atoms. The Kier molecular flexibility index (Phi) is 6.52. The Hall–Kier alpha value is -3.50. The highest BCUT2D eigenvalue weighted by atomic mass is 19.4. The van der Waals surface area contributed by atoms with Crippen molar-refractivity contribution in [1.29, 1.82) is 0 Å². The van der Waals surface area contributed by atoms with Gasteiger partial charge in [0.2, 0.25) is 0 Å². The highest BCUT2D eigenvalue weighted by molar-refractivity contribution is 5.98. The molecule has 1 amide bonds. The van der Waals surface area contributed by atoms with E-state index in [0.29, 0.717) is 16.9 Å². The summed E-state index contributed by atoms with van der Waals surface area (Å²) in [6, 6.07) is 8.39. The van der Waals surface area contributed by atoms with Gasteiger partial charge in [-0.3, -0.25) is 4.79 Å². The second-order valence-electron chi connectivity index (χ2n) is 8.21. The average molecular weight is 498 g/mol.